The van der Waals surface area contributed by atoms with E-state index in [9.17, 15) is 4.79 Å². The van der Waals surface area contributed by atoms with Crippen molar-refractivity contribution in [3.8, 4) is 0 Å². The number of nitrogens with zero attached hydrogens (tertiary/aromatic N) is 5. The van der Waals surface area contributed by atoms with E-state index in [0.717, 1.165) is 44.1 Å². The van der Waals surface area contributed by atoms with Crippen LogP contribution >= 0.6 is 11.5 Å². The van der Waals surface area contributed by atoms with Crippen molar-refractivity contribution in [2.45, 2.75) is 12.8 Å². The Bertz CT molecular complexity index is 878. The van der Waals surface area contributed by atoms with Gasteiger partial charge in [0.25, 0.3) is 0 Å². The Kier molecular flexibility index (Phi) is 4.40. The van der Waals surface area contributed by atoms with Gasteiger partial charge in [-0.25, -0.2) is 0 Å². The van der Waals surface area contributed by atoms with Gasteiger partial charge in [-0.05, 0) is 36.2 Å². The van der Waals surface area contributed by atoms with Crippen LogP contribution in [0.3, 0.4) is 0 Å². The normalized spacial score (nSPS) is 15.1. The fourth-order valence-electron chi connectivity index (χ4n) is 3.31. The lowest BCUT2D eigenvalue weighted by Crippen LogP contribution is -2.49. The van der Waals surface area contributed by atoms with Crippen LogP contribution in [0.5, 0.6) is 0 Å². The summed E-state index contributed by atoms with van der Waals surface area (Å²) in [4.78, 5) is 16.7. The minimum Gasteiger partial charge on any atom is -0.352 e. The van der Waals surface area contributed by atoms with Crippen LogP contribution in [0.25, 0.3) is 10.1 Å². The highest BCUT2D eigenvalue weighted by molar-refractivity contribution is 7.13. The van der Waals surface area contributed by atoms with Crippen molar-refractivity contribution >= 4 is 33.3 Å². The van der Waals surface area contributed by atoms with Crippen molar-refractivity contribution in [1.29, 1.82) is 0 Å². The molecule has 0 radical (unpaired) electrons. The van der Waals surface area contributed by atoms with Crippen molar-refractivity contribution < 1.29 is 4.79 Å². The second-order valence-corrected chi connectivity index (χ2v) is 7.12. The van der Waals surface area contributed by atoms with Crippen molar-refractivity contribution in [2.75, 3.05) is 31.1 Å². The molecule has 25 heavy (non-hydrogen) atoms. The minimum atomic E-state index is 0.226. The molecule has 0 atom stereocenters. The van der Waals surface area contributed by atoms with E-state index >= 15 is 0 Å². The van der Waals surface area contributed by atoms with Crippen molar-refractivity contribution in [3.63, 3.8) is 0 Å². The maximum absolute atomic E-state index is 12.5. The second kappa shape index (κ2) is 6.84. The molecular weight excluding hydrogens is 334 g/mol. The summed E-state index contributed by atoms with van der Waals surface area (Å²) in [6.45, 7) is 3.20. The maximum atomic E-state index is 12.5. The van der Waals surface area contributed by atoms with Gasteiger partial charge in [-0.3, -0.25) is 9.48 Å². The Morgan fingerprint density at radius 3 is 2.72 bits per heavy atom. The maximum Gasteiger partial charge on any atom is 0.223 e. The number of aryl methyl sites for hydroxylation is 2. The van der Waals surface area contributed by atoms with Gasteiger partial charge < -0.3 is 9.80 Å². The first-order valence-electron chi connectivity index (χ1n) is 8.56. The fraction of sp³-hybridized carbons (Fsp3) is 0.389. The fourth-order valence-corrected chi connectivity index (χ4v) is 4.10. The zero-order valence-corrected chi connectivity index (χ0v) is 15.1. The highest BCUT2D eigenvalue weighted by Gasteiger charge is 2.23. The average Bonchev–Trinajstić information content (AvgIpc) is 3.26. The van der Waals surface area contributed by atoms with E-state index in [4.69, 9.17) is 0 Å². The largest absolute Gasteiger partial charge is 0.352 e. The van der Waals surface area contributed by atoms with Gasteiger partial charge in [0.1, 0.15) is 5.82 Å². The van der Waals surface area contributed by atoms with Crippen LogP contribution in [-0.4, -0.2) is 51.1 Å². The molecule has 0 unspecified atom stereocenters. The quantitative estimate of drug-likeness (QED) is 0.721. The van der Waals surface area contributed by atoms with Crippen molar-refractivity contribution in [3.05, 3.63) is 42.2 Å². The Labute approximate surface area is 150 Å². The third-order valence-corrected chi connectivity index (χ3v) is 5.62. The SMILES string of the molecule is Cn1nccc1CCC(=O)N1CCN(c2nsc3ccccc23)CC1. The van der Waals surface area contributed by atoms with Crippen LogP contribution in [0, 0.1) is 0 Å². The topological polar surface area (TPSA) is 54.3 Å². The summed E-state index contributed by atoms with van der Waals surface area (Å²) >= 11 is 1.54. The molecular formula is C18H21N5OS. The van der Waals surface area contributed by atoms with Crippen LogP contribution in [0.2, 0.25) is 0 Å². The monoisotopic (exact) mass is 355 g/mol. The van der Waals surface area contributed by atoms with E-state index in [1.54, 1.807) is 17.7 Å². The van der Waals surface area contributed by atoms with E-state index in [2.05, 4.69) is 32.6 Å². The summed E-state index contributed by atoms with van der Waals surface area (Å²) in [6.07, 6.45) is 3.06. The van der Waals surface area contributed by atoms with Gasteiger partial charge in [-0.1, -0.05) is 12.1 Å². The zero-order valence-electron chi connectivity index (χ0n) is 14.3. The van der Waals surface area contributed by atoms with Gasteiger partial charge in [0.15, 0.2) is 0 Å². The van der Waals surface area contributed by atoms with E-state index in [1.165, 1.54) is 10.1 Å². The van der Waals surface area contributed by atoms with Gasteiger partial charge >= 0.3 is 0 Å². The third-order valence-electron chi connectivity index (χ3n) is 4.81. The molecule has 130 valence electrons. The molecule has 2 aromatic heterocycles. The van der Waals surface area contributed by atoms with Crippen LogP contribution in [0.15, 0.2) is 36.5 Å². The lowest BCUT2D eigenvalue weighted by Gasteiger charge is -2.35. The molecule has 1 aromatic carbocycles. The first-order chi connectivity index (χ1) is 12.2. The number of carbonyl (C=O) groups excluding carboxylic acids is 1. The molecule has 0 N–H and O–H groups in total. The van der Waals surface area contributed by atoms with E-state index in [1.807, 2.05) is 28.8 Å². The molecule has 0 saturated carbocycles. The molecule has 1 aliphatic rings. The minimum absolute atomic E-state index is 0.226. The molecule has 6 nitrogen and oxygen atoms in total. The number of hydrogen-bond acceptors (Lipinski definition) is 5. The first kappa shape index (κ1) is 16.1. The molecule has 0 spiro atoms. The van der Waals surface area contributed by atoms with Gasteiger partial charge in [-0.15, -0.1) is 0 Å². The predicted molar refractivity (Wildman–Crippen MR) is 99.9 cm³/mol. The number of aromatic nitrogens is 3. The number of hydrogen-bond donors (Lipinski definition) is 0. The van der Waals surface area contributed by atoms with Gasteiger partial charge in [-0.2, -0.15) is 9.47 Å². The molecule has 0 aliphatic carbocycles. The predicted octanol–water partition coefficient (Wildman–Crippen LogP) is 2.31. The zero-order chi connectivity index (χ0) is 17.2. The summed E-state index contributed by atoms with van der Waals surface area (Å²) < 4.78 is 7.67. The molecule has 3 heterocycles. The van der Waals surface area contributed by atoms with Crippen LogP contribution in [0.4, 0.5) is 5.82 Å². The van der Waals surface area contributed by atoms with E-state index in [0.29, 0.717) is 6.42 Å². The lowest BCUT2D eigenvalue weighted by molar-refractivity contribution is -0.131. The van der Waals surface area contributed by atoms with E-state index < -0.39 is 0 Å². The number of amides is 1. The number of rotatable bonds is 4. The molecule has 1 aliphatic heterocycles. The number of piperazine rings is 1. The van der Waals surface area contributed by atoms with Crippen molar-refractivity contribution in [1.82, 2.24) is 19.1 Å². The second-order valence-electron chi connectivity index (χ2n) is 6.32. The van der Waals surface area contributed by atoms with E-state index in [-0.39, 0.29) is 5.91 Å². The summed E-state index contributed by atoms with van der Waals surface area (Å²) in [5.41, 5.74) is 1.10. The Morgan fingerprint density at radius 2 is 1.96 bits per heavy atom. The summed E-state index contributed by atoms with van der Waals surface area (Å²) in [5, 5.41) is 5.36. The smallest absolute Gasteiger partial charge is 0.223 e. The lowest BCUT2D eigenvalue weighted by atomic mass is 10.2. The Hall–Kier alpha value is -2.41. The molecule has 4 rings (SSSR count). The third kappa shape index (κ3) is 3.24. The molecule has 1 saturated heterocycles. The summed E-state index contributed by atoms with van der Waals surface area (Å²) in [5.74, 6) is 1.28. The Morgan fingerprint density at radius 1 is 1.16 bits per heavy atom. The van der Waals surface area contributed by atoms with Crippen molar-refractivity contribution in [2.24, 2.45) is 7.05 Å². The number of carbonyl (C=O) groups is 1. The average molecular weight is 355 g/mol. The van der Waals surface area contributed by atoms with Crippen LogP contribution in [-0.2, 0) is 18.3 Å². The van der Waals surface area contributed by atoms with Gasteiger partial charge in [0.2, 0.25) is 5.91 Å². The standard InChI is InChI=1S/C18H21N5OS/c1-21-14(8-9-19-21)6-7-17(24)22-10-12-23(13-11-22)18-15-4-2-3-5-16(15)25-20-18/h2-5,8-9H,6-7,10-13H2,1H3. The first-order valence-corrected chi connectivity index (χ1v) is 9.34. The highest BCUT2D eigenvalue weighted by Crippen LogP contribution is 2.29. The van der Waals surface area contributed by atoms with Crippen LogP contribution < -0.4 is 4.90 Å². The molecule has 1 fully saturated rings. The Balaban J connectivity index is 1.35. The number of benzene rings is 1. The highest BCUT2D eigenvalue weighted by atomic mass is 32.1. The van der Waals surface area contributed by atoms with Gasteiger partial charge in [0.05, 0.1) is 4.70 Å². The number of fused-ring (bicyclic) bond motifs is 1. The molecule has 7 heteroatoms. The summed E-state index contributed by atoms with van der Waals surface area (Å²) in [6, 6.07) is 10.3. The number of anilines is 1. The molecule has 0 bridgehead atoms. The molecule has 1 amide bonds. The summed E-state index contributed by atoms with van der Waals surface area (Å²) in [7, 11) is 1.91. The van der Waals surface area contributed by atoms with Crippen LogP contribution in [0.1, 0.15) is 12.1 Å². The van der Waals surface area contributed by atoms with Gasteiger partial charge in [0, 0.05) is 56.9 Å². The molecule has 3 aromatic rings.